The summed E-state index contributed by atoms with van der Waals surface area (Å²) in [7, 11) is 0. The normalized spacial score (nSPS) is 11.2. The van der Waals surface area contributed by atoms with Crippen LogP contribution in [0.4, 0.5) is 0 Å². The van der Waals surface area contributed by atoms with Crippen molar-refractivity contribution in [3.63, 3.8) is 0 Å². The molecule has 3 heteroatoms. The standard InChI is InChI=1S/C17H33N3/c1-4-7-8-9-10-11-14-20-17(6-3)15(12-13-18)16(5-2)19-20/h4-14,18H2,1-3H3. The number of hydrogen-bond acceptors (Lipinski definition) is 2. The second-order valence-corrected chi connectivity index (χ2v) is 5.61. The molecule has 0 radical (unpaired) electrons. The number of unbranched alkanes of at least 4 members (excludes halogenated alkanes) is 5. The van der Waals surface area contributed by atoms with Crippen molar-refractivity contribution in [1.82, 2.24) is 9.78 Å². The van der Waals surface area contributed by atoms with Gasteiger partial charge in [0.15, 0.2) is 0 Å². The Labute approximate surface area is 124 Å². The third kappa shape index (κ3) is 4.93. The Hall–Kier alpha value is -0.830. The van der Waals surface area contributed by atoms with Crippen LogP contribution in [0, 0.1) is 0 Å². The predicted octanol–water partition coefficient (Wildman–Crippen LogP) is 3.87. The van der Waals surface area contributed by atoms with E-state index in [1.165, 1.54) is 55.5 Å². The van der Waals surface area contributed by atoms with Gasteiger partial charge < -0.3 is 5.73 Å². The molecule has 1 aromatic heterocycles. The van der Waals surface area contributed by atoms with Crippen molar-refractivity contribution in [2.24, 2.45) is 5.73 Å². The van der Waals surface area contributed by atoms with Gasteiger partial charge >= 0.3 is 0 Å². The Kier molecular flexibility index (Phi) is 8.59. The van der Waals surface area contributed by atoms with E-state index >= 15 is 0 Å². The summed E-state index contributed by atoms with van der Waals surface area (Å²) in [4.78, 5) is 0. The molecule has 0 spiro atoms. The second-order valence-electron chi connectivity index (χ2n) is 5.61. The maximum Gasteiger partial charge on any atom is 0.0657 e. The highest BCUT2D eigenvalue weighted by Gasteiger charge is 2.14. The Morgan fingerprint density at radius 3 is 2.25 bits per heavy atom. The first-order valence-electron chi connectivity index (χ1n) is 8.55. The Morgan fingerprint density at radius 2 is 1.65 bits per heavy atom. The van der Waals surface area contributed by atoms with E-state index in [2.05, 4.69) is 25.5 Å². The van der Waals surface area contributed by atoms with E-state index in [0.29, 0.717) is 0 Å². The van der Waals surface area contributed by atoms with Gasteiger partial charge in [-0.15, -0.1) is 0 Å². The van der Waals surface area contributed by atoms with Gasteiger partial charge in [-0.2, -0.15) is 5.10 Å². The van der Waals surface area contributed by atoms with E-state index in [1.807, 2.05) is 0 Å². The molecular formula is C17H33N3. The zero-order valence-corrected chi connectivity index (χ0v) is 13.7. The fraction of sp³-hybridized carbons (Fsp3) is 0.824. The summed E-state index contributed by atoms with van der Waals surface area (Å²) >= 11 is 0. The van der Waals surface area contributed by atoms with Crippen LogP contribution in [0.15, 0.2) is 0 Å². The van der Waals surface area contributed by atoms with E-state index in [1.54, 1.807) is 0 Å². The minimum absolute atomic E-state index is 0.725. The Bertz CT molecular complexity index is 369. The molecule has 0 aromatic carbocycles. The lowest BCUT2D eigenvalue weighted by Gasteiger charge is -2.07. The van der Waals surface area contributed by atoms with Crippen LogP contribution < -0.4 is 5.73 Å². The third-order valence-corrected chi connectivity index (χ3v) is 4.04. The molecule has 0 fully saturated rings. The molecule has 0 saturated carbocycles. The summed E-state index contributed by atoms with van der Waals surface area (Å²) < 4.78 is 2.25. The maximum atomic E-state index is 5.75. The summed E-state index contributed by atoms with van der Waals surface area (Å²) in [5.74, 6) is 0. The molecule has 20 heavy (non-hydrogen) atoms. The molecule has 116 valence electrons. The number of nitrogens with zero attached hydrogens (tertiary/aromatic N) is 2. The Morgan fingerprint density at radius 1 is 0.950 bits per heavy atom. The number of aromatic nitrogens is 2. The first-order valence-corrected chi connectivity index (χ1v) is 8.55. The topological polar surface area (TPSA) is 43.8 Å². The summed E-state index contributed by atoms with van der Waals surface area (Å²) in [6.45, 7) is 8.49. The van der Waals surface area contributed by atoms with Gasteiger partial charge in [0.1, 0.15) is 0 Å². The fourth-order valence-electron chi connectivity index (χ4n) is 2.93. The molecule has 0 amide bonds. The van der Waals surface area contributed by atoms with Crippen molar-refractivity contribution < 1.29 is 0 Å². The van der Waals surface area contributed by atoms with Crippen LogP contribution in [0.5, 0.6) is 0 Å². The zero-order chi connectivity index (χ0) is 14.8. The minimum atomic E-state index is 0.725. The Balaban J connectivity index is 2.56. The van der Waals surface area contributed by atoms with Crippen LogP contribution in [0.3, 0.4) is 0 Å². The SMILES string of the molecule is CCCCCCCCn1nc(CC)c(CCN)c1CC. The van der Waals surface area contributed by atoms with Gasteiger partial charge in [0.25, 0.3) is 0 Å². The summed E-state index contributed by atoms with van der Waals surface area (Å²) in [5.41, 5.74) is 9.85. The summed E-state index contributed by atoms with van der Waals surface area (Å²) in [6, 6.07) is 0. The summed E-state index contributed by atoms with van der Waals surface area (Å²) in [6.07, 6.45) is 11.1. The van der Waals surface area contributed by atoms with E-state index in [9.17, 15) is 0 Å². The van der Waals surface area contributed by atoms with Crippen LogP contribution in [0.1, 0.15) is 76.2 Å². The molecule has 3 nitrogen and oxygen atoms in total. The lowest BCUT2D eigenvalue weighted by Crippen LogP contribution is -2.08. The molecular weight excluding hydrogens is 246 g/mol. The van der Waals surface area contributed by atoms with Crippen molar-refractivity contribution in [1.29, 1.82) is 0 Å². The van der Waals surface area contributed by atoms with E-state index in [-0.39, 0.29) is 0 Å². The first kappa shape index (κ1) is 17.2. The van der Waals surface area contributed by atoms with Crippen LogP contribution in [0.25, 0.3) is 0 Å². The van der Waals surface area contributed by atoms with Crippen molar-refractivity contribution in [2.45, 2.75) is 85.1 Å². The third-order valence-electron chi connectivity index (χ3n) is 4.04. The van der Waals surface area contributed by atoms with E-state index in [0.717, 1.165) is 32.4 Å². The number of rotatable bonds is 11. The second kappa shape index (κ2) is 9.98. The highest BCUT2D eigenvalue weighted by atomic mass is 15.3. The molecule has 0 unspecified atom stereocenters. The predicted molar refractivity (Wildman–Crippen MR) is 87.1 cm³/mol. The van der Waals surface area contributed by atoms with Crippen molar-refractivity contribution in [3.05, 3.63) is 17.0 Å². The smallest absolute Gasteiger partial charge is 0.0657 e. The molecule has 0 saturated heterocycles. The highest BCUT2D eigenvalue weighted by Crippen LogP contribution is 2.18. The first-order chi connectivity index (χ1) is 9.78. The lowest BCUT2D eigenvalue weighted by atomic mass is 10.1. The van der Waals surface area contributed by atoms with Crippen molar-refractivity contribution in [2.75, 3.05) is 6.54 Å². The van der Waals surface area contributed by atoms with E-state index in [4.69, 9.17) is 10.8 Å². The molecule has 0 atom stereocenters. The zero-order valence-electron chi connectivity index (χ0n) is 13.7. The van der Waals surface area contributed by atoms with Gasteiger partial charge in [-0.25, -0.2) is 0 Å². The van der Waals surface area contributed by atoms with E-state index < -0.39 is 0 Å². The molecule has 1 heterocycles. The number of aryl methyl sites for hydroxylation is 2. The molecule has 2 N–H and O–H groups in total. The molecule has 1 rings (SSSR count). The number of nitrogens with two attached hydrogens (primary N) is 1. The fourth-order valence-corrected chi connectivity index (χ4v) is 2.93. The van der Waals surface area contributed by atoms with Crippen LogP contribution in [-0.4, -0.2) is 16.3 Å². The van der Waals surface area contributed by atoms with Gasteiger partial charge in [-0.1, -0.05) is 52.9 Å². The number of hydrogen-bond donors (Lipinski definition) is 1. The average Bonchev–Trinajstić information content (AvgIpc) is 2.80. The van der Waals surface area contributed by atoms with Crippen molar-refractivity contribution in [3.8, 4) is 0 Å². The maximum absolute atomic E-state index is 5.75. The van der Waals surface area contributed by atoms with Gasteiger partial charge in [-0.05, 0) is 37.8 Å². The monoisotopic (exact) mass is 279 g/mol. The van der Waals surface area contributed by atoms with Gasteiger partial charge in [0.05, 0.1) is 5.69 Å². The minimum Gasteiger partial charge on any atom is -0.330 e. The van der Waals surface area contributed by atoms with Gasteiger partial charge in [-0.3, -0.25) is 4.68 Å². The van der Waals surface area contributed by atoms with Gasteiger partial charge in [0.2, 0.25) is 0 Å². The van der Waals surface area contributed by atoms with Gasteiger partial charge in [0, 0.05) is 12.2 Å². The highest BCUT2D eigenvalue weighted by molar-refractivity contribution is 5.27. The van der Waals surface area contributed by atoms with Crippen LogP contribution in [-0.2, 0) is 25.8 Å². The quantitative estimate of drug-likeness (QED) is 0.625. The molecule has 0 aliphatic carbocycles. The molecule has 0 aliphatic heterocycles. The molecule has 0 bridgehead atoms. The molecule has 1 aromatic rings. The van der Waals surface area contributed by atoms with Crippen LogP contribution in [0.2, 0.25) is 0 Å². The van der Waals surface area contributed by atoms with Crippen molar-refractivity contribution >= 4 is 0 Å². The summed E-state index contributed by atoms with van der Waals surface area (Å²) in [5, 5.41) is 4.81. The average molecular weight is 279 g/mol. The lowest BCUT2D eigenvalue weighted by molar-refractivity contribution is 0.511. The largest absolute Gasteiger partial charge is 0.330 e. The molecule has 0 aliphatic rings. The van der Waals surface area contributed by atoms with Crippen LogP contribution >= 0.6 is 0 Å².